The molecule has 0 bridgehead atoms. The van der Waals surface area contributed by atoms with Crippen LogP contribution >= 0.6 is 0 Å². The van der Waals surface area contributed by atoms with Gasteiger partial charge in [0.2, 0.25) is 5.91 Å². The average Bonchev–Trinajstić information content (AvgIpc) is 2.48. The van der Waals surface area contributed by atoms with Crippen LogP contribution in [0.5, 0.6) is 0 Å². The Kier molecular flexibility index (Phi) is 4.80. The van der Waals surface area contributed by atoms with Crippen LogP contribution in [-0.2, 0) is 9.53 Å². The fourth-order valence-electron chi connectivity index (χ4n) is 2.24. The van der Waals surface area contributed by atoms with Crippen molar-refractivity contribution in [2.45, 2.75) is 6.10 Å². The van der Waals surface area contributed by atoms with Crippen LogP contribution in [0.15, 0.2) is 24.3 Å². The van der Waals surface area contributed by atoms with Crippen LogP contribution in [0.25, 0.3) is 0 Å². The van der Waals surface area contributed by atoms with E-state index in [-0.39, 0.29) is 24.5 Å². The Morgan fingerprint density at radius 3 is 2.81 bits per heavy atom. The van der Waals surface area contributed by atoms with Gasteiger partial charge in [0.05, 0.1) is 11.7 Å². The molecule has 1 aliphatic heterocycles. The van der Waals surface area contributed by atoms with Gasteiger partial charge in [0.15, 0.2) is 0 Å². The highest BCUT2D eigenvalue weighted by molar-refractivity contribution is 5.99. The molecule has 6 nitrogen and oxygen atoms in total. The first kappa shape index (κ1) is 15.3. The molecule has 0 unspecified atom stereocenters. The largest absolute Gasteiger partial charge is 0.377 e. The molecule has 21 heavy (non-hydrogen) atoms. The highest BCUT2D eigenvalue weighted by atomic mass is 16.5. The number of hydrogen-bond acceptors (Lipinski definition) is 4. The smallest absolute Gasteiger partial charge is 0.253 e. The van der Waals surface area contributed by atoms with Gasteiger partial charge in [-0.15, -0.1) is 0 Å². The number of benzene rings is 1. The number of nitrogens with zero attached hydrogens (tertiary/aromatic N) is 2. The molecule has 0 saturated carbocycles. The summed E-state index contributed by atoms with van der Waals surface area (Å²) in [5, 5.41) is 2.87. The third kappa shape index (κ3) is 3.72. The molecule has 114 valence electrons. The third-order valence-corrected chi connectivity index (χ3v) is 3.47. The molecule has 1 fully saturated rings. The van der Waals surface area contributed by atoms with Crippen molar-refractivity contribution < 1.29 is 14.3 Å². The summed E-state index contributed by atoms with van der Waals surface area (Å²) in [5.74, 6) is -0.169. The highest BCUT2D eigenvalue weighted by Crippen LogP contribution is 2.17. The molecular weight excluding hydrogens is 270 g/mol. The van der Waals surface area contributed by atoms with Gasteiger partial charge in [-0.25, -0.2) is 0 Å². The Bertz CT molecular complexity index is 531. The minimum absolute atomic E-state index is 0.0319. The molecular formula is C15H21N3O3. The van der Waals surface area contributed by atoms with Gasteiger partial charge in [-0.05, 0) is 12.1 Å². The van der Waals surface area contributed by atoms with E-state index in [1.165, 1.54) is 0 Å². The second-order valence-electron chi connectivity index (χ2n) is 5.33. The van der Waals surface area contributed by atoms with Crippen LogP contribution in [0.2, 0.25) is 0 Å². The minimum atomic E-state index is -0.164. The van der Waals surface area contributed by atoms with Crippen molar-refractivity contribution in [2.24, 2.45) is 0 Å². The molecule has 2 rings (SSSR count). The summed E-state index contributed by atoms with van der Waals surface area (Å²) < 4.78 is 5.41. The Labute approximate surface area is 124 Å². The number of likely N-dealkylation sites (N-methyl/N-ethyl adjacent to an activating group) is 1. The van der Waals surface area contributed by atoms with E-state index in [1.807, 2.05) is 37.2 Å². The van der Waals surface area contributed by atoms with Crippen molar-refractivity contribution in [3.8, 4) is 0 Å². The lowest BCUT2D eigenvalue weighted by Gasteiger charge is -2.30. The average molecular weight is 291 g/mol. The minimum Gasteiger partial charge on any atom is -0.377 e. The van der Waals surface area contributed by atoms with E-state index in [4.69, 9.17) is 4.74 Å². The van der Waals surface area contributed by atoms with Gasteiger partial charge in [0.25, 0.3) is 5.91 Å². The molecule has 1 N–H and O–H groups in total. The van der Waals surface area contributed by atoms with Gasteiger partial charge in [-0.2, -0.15) is 0 Å². The van der Waals surface area contributed by atoms with Crippen molar-refractivity contribution in [1.82, 2.24) is 10.2 Å². The van der Waals surface area contributed by atoms with Crippen molar-refractivity contribution in [3.05, 3.63) is 29.8 Å². The van der Waals surface area contributed by atoms with Gasteiger partial charge in [-0.3, -0.25) is 9.59 Å². The van der Waals surface area contributed by atoms with E-state index in [1.54, 1.807) is 18.0 Å². The fraction of sp³-hybridized carbons (Fsp3) is 0.467. The summed E-state index contributed by atoms with van der Waals surface area (Å²) >= 11 is 0. The predicted octanol–water partition coefficient (Wildman–Crippen LogP) is 0.340. The summed E-state index contributed by atoms with van der Waals surface area (Å²) in [5.41, 5.74) is 1.49. The van der Waals surface area contributed by atoms with Gasteiger partial charge in [0.1, 0.15) is 6.61 Å². The molecule has 1 atom stereocenters. The molecule has 1 heterocycles. The van der Waals surface area contributed by atoms with Crippen LogP contribution in [0, 0.1) is 0 Å². The highest BCUT2D eigenvalue weighted by Gasteiger charge is 2.24. The van der Waals surface area contributed by atoms with E-state index < -0.39 is 0 Å². The van der Waals surface area contributed by atoms with Crippen LogP contribution in [0.1, 0.15) is 10.4 Å². The second kappa shape index (κ2) is 6.58. The Morgan fingerprint density at radius 2 is 2.14 bits per heavy atom. The van der Waals surface area contributed by atoms with E-state index >= 15 is 0 Å². The van der Waals surface area contributed by atoms with Gasteiger partial charge in [0, 0.05) is 39.9 Å². The molecule has 0 spiro atoms. The number of hydrogen-bond donors (Lipinski definition) is 1. The van der Waals surface area contributed by atoms with Gasteiger partial charge in [-0.1, -0.05) is 12.1 Å². The Hall–Kier alpha value is -2.08. The molecule has 2 amide bonds. The molecule has 0 aromatic heterocycles. The van der Waals surface area contributed by atoms with Crippen LogP contribution in [0.3, 0.4) is 0 Å². The molecule has 6 heteroatoms. The number of carbonyl (C=O) groups excluding carboxylic acids is 2. The van der Waals surface area contributed by atoms with Crippen molar-refractivity contribution in [3.63, 3.8) is 0 Å². The lowest BCUT2D eigenvalue weighted by molar-refractivity contribution is -0.146. The molecule has 1 aromatic rings. The van der Waals surface area contributed by atoms with E-state index in [9.17, 15) is 9.59 Å². The molecule has 1 aliphatic rings. The van der Waals surface area contributed by atoms with Crippen molar-refractivity contribution in [2.75, 3.05) is 45.7 Å². The standard InChI is InChI=1S/C15H21N3O3/c1-17(2)13-7-5-4-6-12(13)15(20)16-8-11-9-18(3)14(19)10-21-11/h4-7,11H,8-10H2,1-3H3,(H,16,20)/t11-/m0/s1. The first-order chi connectivity index (χ1) is 9.99. The number of para-hydroxylation sites is 1. The number of rotatable bonds is 4. The number of anilines is 1. The number of nitrogens with one attached hydrogen (secondary N) is 1. The number of ether oxygens (including phenoxy) is 1. The number of carbonyl (C=O) groups is 2. The third-order valence-electron chi connectivity index (χ3n) is 3.47. The number of morpholine rings is 1. The molecule has 1 saturated heterocycles. The lowest BCUT2D eigenvalue weighted by atomic mass is 10.1. The monoisotopic (exact) mass is 291 g/mol. The maximum atomic E-state index is 12.3. The van der Waals surface area contributed by atoms with E-state index in [2.05, 4.69) is 5.32 Å². The summed E-state index contributed by atoms with van der Waals surface area (Å²) in [7, 11) is 5.54. The predicted molar refractivity (Wildman–Crippen MR) is 80.5 cm³/mol. The summed E-state index contributed by atoms with van der Waals surface area (Å²) in [6.45, 7) is 0.956. The quantitative estimate of drug-likeness (QED) is 0.869. The topological polar surface area (TPSA) is 61.9 Å². The van der Waals surface area contributed by atoms with E-state index in [0.717, 1.165) is 5.69 Å². The summed E-state index contributed by atoms with van der Waals surface area (Å²) in [4.78, 5) is 27.1. The van der Waals surface area contributed by atoms with Crippen LogP contribution < -0.4 is 10.2 Å². The lowest BCUT2D eigenvalue weighted by Crippen LogP contribution is -2.48. The zero-order valence-corrected chi connectivity index (χ0v) is 12.6. The summed E-state index contributed by atoms with van der Waals surface area (Å²) in [6, 6.07) is 7.43. The van der Waals surface area contributed by atoms with Crippen LogP contribution in [-0.4, -0.2) is 63.7 Å². The molecule has 0 radical (unpaired) electrons. The van der Waals surface area contributed by atoms with Crippen molar-refractivity contribution >= 4 is 17.5 Å². The summed E-state index contributed by atoms with van der Waals surface area (Å²) in [6.07, 6.45) is -0.164. The Morgan fingerprint density at radius 1 is 1.43 bits per heavy atom. The zero-order chi connectivity index (χ0) is 15.4. The molecule has 0 aliphatic carbocycles. The second-order valence-corrected chi connectivity index (χ2v) is 5.33. The van der Waals surface area contributed by atoms with Crippen LogP contribution in [0.4, 0.5) is 5.69 Å². The van der Waals surface area contributed by atoms with Gasteiger partial charge < -0.3 is 19.9 Å². The SMILES string of the molecule is CN1C[C@H](CNC(=O)c2ccccc2N(C)C)OCC1=O. The fourth-order valence-corrected chi connectivity index (χ4v) is 2.24. The molecule has 1 aromatic carbocycles. The first-order valence-corrected chi connectivity index (χ1v) is 6.89. The van der Waals surface area contributed by atoms with Gasteiger partial charge >= 0.3 is 0 Å². The van der Waals surface area contributed by atoms with E-state index in [0.29, 0.717) is 18.7 Å². The van der Waals surface area contributed by atoms with Crippen molar-refractivity contribution in [1.29, 1.82) is 0 Å². The Balaban J connectivity index is 1.95. The zero-order valence-electron chi connectivity index (χ0n) is 12.6. The first-order valence-electron chi connectivity index (χ1n) is 6.89. The maximum absolute atomic E-state index is 12.3. The maximum Gasteiger partial charge on any atom is 0.253 e. The normalized spacial score (nSPS) is 18.5. The number of amides is 2.